The smallest absolute Gasteiger partial charge is 0.337 e. The molecule has 23 heavy (non-hydrogen) atoms. The van der Waals surface area contributed by atoms with Crippen LogP contribution in [0.3, 0.4) is 0 Å². The van der Waals surface area contributed by atoms with E-state index in [1.54, 1.807) is 18.2 Å². The minimum absolute atomic E-state index is 0.323. The predicted molar refractivity (Wildman–Crippen MR) is 89.6 cm³/mol. The van der Waals surface area contributed by atoms with E-state index in [1.807, 2.05) is 38.1 Å². The van der Waals surface area contributed by atoms with Crippen LogP contribution in [0, 0.1) is 13.8 Å². The van der Waals surface area contributed by atoms with Crippen LogP contribution in [0.4, 0.5) is 10.5 Å². The van der Waals surface area contributed by atoms with Gasteiger partial charge < -0.3 is 15.4 Å². The monoisotopic (exact) mass is 312 g/mol. The van der Waals surface area contributed by atoms with Crippen LogP contribution < -0.4 is 10.6 Å². The van der Waals surface area contributed by atoms with Crippen LogP contribution in [0.25, 0.3) is 0 Å². The van der Waals surface area contributed by atoms with E-state index in [-0.39, 0.29) is 6.03 Å². The molecular formula is C18H20N2O3. The fraction of sp³-hybridized carbons (Fsp3) is 0.222. The van der Waals surface area contributed by atoms with Crippen molar-refractivity contribution in [1.82, 2.24) is 5.32 Å². The second-order valence-corrected chi connectivity index (χ2v) is 5.32. The lowest BCUT2D eigenvalue weighted by molar-refractivity contribution is 0.0600. The van der Waals surface area contributed by atoms with Gasteiger partial charge in [0.05, 0.1) is 12.7 Å². The van der Waals surface area contributed by atoms with Gasteiger partial charge in [0.15, 0.2) is 0 Å². The Morgan fingerprint density at radius 2 is 1.87 bits per heavy atom. The van der Waals surface area contributed by atoms with Gasteiger partial charge in [0.2, 0.25) is 0 Å². The van der Waals surface area contributed by atoms with Crippen molar-refractivity contribution in [2.45, 2.75) is 20.4 Å². The summed E-state index contributed by atoms with van der Waals surface area (Å²) < 4.78 is 4.69. The number of aryl methyl sites for hydroxylation is 2. The van der Waals surface area contributed by atoms with Crippen molar-refractivity contribution in [3.8, 4) is 0 Å². The van der Waals surface area contributed by atoms with Gasteiger partial charge in [-0.15, -0.1) is 0 Å². The fourth-order valence-electron chi connectivity index (χ4n) is 2.17. The molecule has 0 fully saturated rings. The molecule has 0 radical (unpaired) electrons. The minimum Gasteiger partial charge on any atom is -0.465 e. The SMILES string of the molecule is COC(=O)c1ccc(C)c(NC(=O)NCc2cccc(C)c2)c1. The third kappa shape index (κ3) is 4.57. The second kappa shape index (κ2) is 7.45. The first-order valence-corrected chi connectivity index (χ1v) is 7.29. The third-order valence-corrected chi connectivity index (χ3v) is 3.44. The highest BCUT2D eigenvalue weighted by atomic mass is 16.5. The quantitative estimate of drug-likeness (QED) is 0.850. The zero-order valence-electron chi connectivity index (χ0n) is 13.5. The Kier molecular flexibility index (Phi) is 5.36. The summed E-state index contributed by atoms with van der Waals surface area (Å²) in [5.74, 6) is -0.437. The zero-order chi connectivity index (χ0) is 16.8. The Hall–Kier alpha value is -2.82. The summed E-state index contributed by atoms with van der Waals surface area (Å²) >= 11 is 0. The van der Waals surface area contributed by atoms with Crippen molar-refractivity contribution in [2.24, 2.45) is 0 Å². The normalized spacial score (nSPS) is 10.0. The molecule has 2 aromatic rings. The van der Waals surface area contributed by atoms with Gasteiger partial charge in [0.1, 0.15) is 0 Å². The highest BCUT2D eigenvalue weighted by Crippen LogP contribution is 2.17. The van der Waals surface area contributed by atoms with Crippen LogP contribution in [0.1, 0.15) is 27.0 Å². The maximum absolute atomic E-state index is 12.0. The summed E-state index contributed by atoms with van der Waals surface area (Å²) in [6, 6.07) is 12.6. The van der Waals surface area contributed by atoms with Crippen LogP contribution in [0.15, 0.2) is 42.5 Å². The van der Waals surface area contributed by atoms with Crippen molar-refractivity contribution in [2.75, 3.05) is 12.4 Å². The van der Waals surface area contributed by atoms with E-state index < -0.39 is 5.97 Å². The average Bonchev–Trinajstić information content (AvgIpc) is 2.54. The van der Waals surface area contributed by atoms with Crippen LogP contribution >= 0.6 is 0 Å². The van der Waals surface area contributed by atoms with Gasteiger partial charge in [0, 0.05) is 12.2 Å². The molecule has 0 aromatic heterocycles. The molecule has 2 rings (SSSR count). The molecule has 2 N–H and O–H groups in total. The van der Waals surface area contributed by atoms with Crippen LogP contribution in [0.5, 0.6) is 0 Å². The zero-order valence-corrected chi connectivity index (χ0v) is 13.5. The highest BCUT2D eigenvalue weighted by Gasteiger charge is 2.10. The molecule has 5 heteroatoms. The van der Waals surface area contributed by atoms with E-state index in [4.69, 9.17) is 0 Å². The molecular weight excluding hydrogens is 292 g/mol. The number of methoxy groups -OCH3 is 1. The molecule has 0 atom stereocenters. The first kappa shape index (κ1) is 16.5. The van der Waals surface area contributed by atoms with Crippen LogP contribution in [-0.2, 0) is 11.3 Å². The number of hydrogen-bond acceptors (Lipinski definition) is 3. The molecule has 2 aromatic carbocycles. The largest absolute Gasteiger partial charge is 0.465 e. The molecule has 0 bridgehead atoms. The Balaban J connectivity index is 2.01. The lowest BCUT2D eigenvalue weighted by atomic mass is 10.1. The number of benzene rings is 2. The number of ether oxygens (including phenoxy) is 1. The summed E-state index contributed by atoms with van der Waals surface area (Å²) in [7, 11) is 1.32. The van der Waals surface area contributed by atoms with E-state index in [2.05, 4.69) is 15.4 Å². The van der Waals surface area contributed by atoms with Gasteiger partial charge in [-0.1, -0.05) is 35.9 Å². The number of rotatable bonds is 4. The van der Waals surface area contributed by atoms with Gasteiger partial charge in [-0.25, -0.2) is 9.59 Å². The number of nitrogens with one attached hydrogen (secondary N) is 2. The molecule has 0 saturated carbocycles. The number of amides is 2. The summed E-state index contributed by atoms with van der Waals surface area (Å²) in [4.78, 5) is 23.6. The first-order valence-electron chi connectivity index (χ1n) is 7.29. The number of urea groups is 1. The average molecular weight is 312 g/mol. The number of carbonyl (C=O) groups is 2. The minimum atomic E-state index is -0.437. The molecule has 2 amide bonds. The first-order chi connectivity index (χ1) is 11.0. The van der Waals surface area contributed by atoms with Crippen LogP contribution in [-0.4, -0.2) is 19.1 Å². The summed E-state index contributed by atoms with van der Waals surface area (Å²) in [5.41, 5.74) is 4.01. The van der Waals surface area contributed by atoms with Crippen molar-refractivity contribution in [3.63, 3.8) is 0 Å². The third-order valence-electron chi connectivity index (χ3n) is 3.44. The van der Waals surface area contributed by atoms with Gasteiger partial charge >= 0.3 is 12.0 Å². The summed E-state index contributed by atoms with van der Waals surface area (Å²) in [6.45, 7) is 4.30. The maximum atomic E-state index is 12.0. The fourth-order valence-corrected chi connectivity index (χ4v) is 2.17. The summed E-state index contributed by atoms with van der Waals surface area (Å²) in [5, 5.41) is 5.55. The maximum Gasteiger partial charge on any atom is 0.337 e. The van der Waals surface area contributed by atoms with Crippen molar-refractivity contribution < 1.29 is 14.3 Å². The lowest BCUT2D eigenvalue weighted by Gasteiger charge is -2.11. The summed E-state index contributed by atoms with van der Waals surface area (Å²) in [6.07, 6.45) is 0. The van der Waals surface area contributed by atoms with Crippen molar-refractivity contribution in [1.29, 1.82) is 0 Å². The highest BCUT2D eigenvalue weighted by molar-refractivity contribution is 5.94. The molecule has 0 heterocycles. The van der Waals surface area contributed by atoms with Crippen LogP contribution in [0.2, 0.25) is 0 Å². The number of carbonyl (C=O) groups excluding carboxylic acids is 2. The van der Waals surface area contributed by atoms with Gasteiger partial charge in [-0.2, -0.15) is 0 Å². The standard InChI is InChI=1S/C18H20N2O3/c1-12-5-4-6-14(9-12)11-19-18(22)20-16-10-15(17(21)23-3)8-7-13(16)2/h4-10H,11H2,1-3H3,(H2,19,20,22). The molecule has 0 aliphatic carbocycles. The van der Waals surface area contributed by atoms with Gasteiger partial charge in [-0.05, 0) is 37.1 Å². The Bertz CT molecular complexity index is 726. The predicted octanol–water partition coefficient (Wildman–Crippen LogP) is 3.41. The van der Waals surface area contributed by atoms with E-state index in [0.717, 1.165) is 16.7 Å². The van der Waals surface area contributed by atoms with Gasteiger partial charge in [-0.3, -0.25) is 0 Å². The van der Waals surface area contributed by atoms with Crippen molar-refractivity contribution >= 4 is 17.7 Å². The molecule has 0 unspecified atom stereocenters. The Labute approximate surface area is 135 Å². The van der Waals surface area contributed by atoms with Gasteiger partial charge in [0.25, 0.3) is 0 Å². The number of anilines is 1. The van der Waals surface area contributed by atoms with E-state index >= 15 is 0 Å². The molecule has 5 nitrogen and oxygen atoms in total. The van der Waals surface area contributed by atoms with E-state index in [1.165, 1.54) is 7.11 Å². The molecule has 0 aliphatic rings. The molecule has 0 spiro atoms. The lowest BCUT2D eigenvalue weighted by Crippen LogP contribution is -2.28. The van der Waals surface area contributed by atoms with Crippen molar-refractivity contribution in [3.05, 3.63) is 64.7 Å². The van der Waals surface area contributed by atoms with E-state index in [0.29, 0.717) is 17.8 Å². The molecule has 120 valence electrons. The topological polar surface area (TPSA) is 67.4 Å². The number of hydrogen-bond donors (Lipinski definition) is 2. The van der Waals surface area contributed by atoms with E-state index in [9.17, 15) is 9.59 Å². The number of esters is 1. The Morgan fingerprint density at radius 3 is 2.57 bits per heavy atom. The molecule has 0 saturated heterocycles. The molecule has 0 aliphatic heterocycles. The second-order valence-electron chi connectivity index (χ2n) is 5.32. The Morgan fingerprint density at radius 1 is 1.09 bits per heavy atom.